The maximum absolute atomic E-state index is 14.7. The molecule has 2 N–H and O–H groups in total. The van der Waals surface area contributed by atoms with Gasteiger partial charge in [0.15, 0.2) is 0 Å². The Balaban J connectivity index is 1.20. The van der Waals surface area contributed by atoms with Crippen LogP contribution in [0.5, 0.6) is 11.5 Å². The molecule has 2 heterocycles. The van der Waals surface area contributed by atoms with Gasteiger partial charge in [0.05, 0.1) is 16.5 Å². The van der Waals surface area contributed by atoms with Gasteiger partial charge in [-0.25, -0.2) is 0 Å². The first-order valence-electron chi connectivity index (χ1n) is 18.4. The Morgan fingerprint density at radius 3 is 2.35 bits per heavy atom. The molecule has 2 atom stereocenters. The number of carboxylic acids is 1. The molecule has 2 fully saturated rings. The lowest BCUT2D eigenvalue weighted by atomic mass is 9.82. The van der Waals surface area contributed by atoms with Gasteiger partial charge in [0.25, 0.3) is 5.91 Å². The van der Waals surface area contributed by atoms with Gasteiger partial charge in [-0.15, -0.1) is 0 Å². The number of nitrogens with zero attached hydrogens (tertiary/aromatic N) is 2. The monoisotopic (exact) mass is 727 g/mol. The molecule has 0 radical (unpaired) electrons. The minimum atomic E-state index is -0.992. The second-order valence-corrected chi connectivity index (χ2v) is 15.5. The number of carbonyl (C=O) groups is 3. The predicted octanol–water partition coefficient (Wildman–Crippen LogP) is 6.87. The Bertz CT molecular complexity index is 1800. The number of aryl methyl sites for hydroxylation is 2. The molecule has 2 amide bonds. The number of nitrogens with one attached hydrogen (secondary N) is 1. The molecular formula is C42H50ClN3O6. The van der Waals surface area contributed by atoms with Crippen molar-refractivity contribution in [3.8, 4) is 11.5 Å². The summed E-state index contributed by atoms with van der Waals surface area (Å²) in [6.45, 7) is 9.49. The summed E-state index contributed by atoms with van der Waals surface area (Å²) >= 11 is 6.37. The Morgan fingerprint density at radius 2 is 1.65 bits per heavy atom. The van der Waals surface area contributed by atoms with Crippen LogP contribution >= 0.6 is 11.6 Å². The van der Waals surface area contributed by atoms with Gasteiger partial charge in [0, 0.05) is 43.7 Å². The molecule has 0 unspecified atom stereocenters. The minimum absolute atomic E-state index is 0.0215. The van der Waals surface area contributed by atoms with Crippen molar-refractivity contribution in [1.82, 2.24) is 15.1 Å². The molecule has 1 saturated carbocycles. The summed E-state index contributed by atoms with van der Waals surface area (Å²) in [7, 11) is 0. The highest BCUT2D eigenvalue weighted by Crippen LogP contribution is 2.38. The van der Waals surface area contributed by atoms with Crippen molar-refractivity contribution in [2.24, 2.45) is 5.41 Å². The third-order valence-electron chi connectivity index (χ3n) is 10.6. The number of benzene rings is 3. The predicted molar refractivity (Wildman–Crippen MR) is 203 cm³/mol. The Morgan fingerprint density at radius 1 is 0.962 bits per heavy atom. The highest BCUT2D eigenvalue weighted by Gasteiger charge is 2.43. The summed E-state index contributed by atoms with van der Waals surface area (Å²) in [5.41, 5.74) is 5.10. The smallest absolute Gasteiger partial charge is 0.309 e. The van der Waals surface area contributed by atoms with Crippen molar-refractivity contribution in [1.29, 1.82) is 0 Å². The van der Waals surface area contributed by atoms with E-state index in [1.165, 1.54) is 5.56 Å². The lowest BCUT2D eigenvalue weighted by molar-refractivity contribution is -0.148. The number of halogens is 1. The number of amides is 2. The van der Waals surface area contributed by atoms with Crippen molar-refractivity contribution in [3.63, 3.8) is 0 Å². The molecule has 0 spiro atoms. The molecular weight excluding hydrogens is 678 g/mol. The minimum Gasteiger partial charge on any atom is -0.490 e. The van der Waals surface area contributed by atoms with Crippen molar-refractivity contribution in [2.45, 2.75) is 84.3 Å². The van der Waals surface area contributed by atoms with Crippen LogP contribution < -0.4 is 14.8 Å². The van der Waals surface area contributed by atoms with E-state index in [1.54, 1.807) is 13.8 Å². The van der Waals surface area contributed by atoms with Gasteiger partial charge >= 0.3 is 5.97 Å². The van der Waals surface area contributed by atoms with Gasteiger partial charge < -0.3 is 29.7 Å². The zero-order valence-corrected chi connectivity index (χ0v) is 31.4. The van der Waals surface area contributed by atoms with E-state index in [0.29, 0.717) is 61.4 Å². The van der Waals surface area contributed by atoms with Crippen molar-refractivity contribution in [2.75, 3.05) is 32.8 Å². The lowest BCUT2D eigenvalue weighted by Gasteiger charge is -2.45. The zero-order valence-electron chi connectivity index (χ0n) is 30.6. The number of carboxylic acid groups (broad SMARTS) is 1. The second kappa shape index (κ2) is 16.1. The first-order chi connectivity index (χ1) is 24.9. The van der Waals surface area contributed by atoms with E-state index in [1.807, 2.05) is 78.2 Å². The number of hydrogen-bond donors (Lipinski definition) is 2. The van der Waals surface area contributed by atoms with Crippen LogP contribution in [0.1, 0.15) is 68.2 Å². The molecule has 52 heavy (non-hydrogen) atoms. The molecule has 3 aliphatic rings. The summed E-state index contributed by atoms with van der Waals surface area (Å²) in [6, 6.07) is 21.8. The number of aliphatic carboxylic acids is 1. The van der Waals surface area contributed by atoms with E-state index in [2.05, 4.69) is 17.4 Å². The fourth-order valence-electron chi connectivity index (χ4n) is 7.07. The highest BCUT2D eigenvalue weighted by molar-refractivity contribution is 6.32. The molecule has 10 heteroatoms. The molecule has 2 bridgehead atoms. The van der Waals surface area contributed by atoms with Gasteiger partial charge in [-0.1, -0.05) is 54.1 Å². The fraction of sp³-hybridized carbons (Fsp3) is 0.452. The van der Waals surface area contributed by atoms with Crippen LogP contribution in [0, 0.1) is 19.3 Å². The van der Waals surface area contributed by atoms with Crippen LogP contribution in [0.2, 0.25) is 5.02 Å². The van der Waals surface area contributed by atoms with E-state index < -0.39 is 11.4 Å². The third kappa shape index (κ3) is 8.99. The quantitative estimate of drug-likeness (QED) is 0.165. The molecule has 3 aromatic rings. The van der Waals surface area contributed by atoms with E-state index in [9.17, 15) is 19.5 Å². The second-order valence-electron chi connectivity index (χ2n) is 15.1. The van der Waals surface area contributed by atoms with Crippen LogP contribution in [-0.4, -0.2) is 83.7 Å². The van der Waals surface area contributed by atoms with Crippen molar-refractivity contribution < 1.29 is 29.0 Å². The standard InChI is InChI=1S/C42H50ClN3O6/c1-27-22-35(43)37(23-28(27)2)52-21-20-51-33-14-10-30(11-15-33)34-24-31-25-45(38(47)16-18-42(3,4)41(49)50)26-36(44-31)39(34)40(48)46(32-12-13-32)19-17-29-8-6-5-7-9-29/h5-11,14-15,22-23,31-32,36,44H,12-13,16-21,24-26H2,1-4H3,(H,49,50)/t31-,36-/m1/s1. The normalized spacial score (nSPS) is 18.6. The summed E-state index contributed by atoms with van der Waals surface area (Å²) in [5.74, 6) is 0.366. The van der Waals surface area contributed by atoms with E-state index in [4.69, 9.17) is 21.1 Å². The fourth-order valence-corrected chi connectivity index (χ4v) is 7.34. The summed E-state index contributed by atoms with van der Waals surface area (Å²) in [6.07, 6.45) is 3.72. The molecule has 1 saturated heterocycles. The average Bonchev–Trinajstić information content (AvgIpc) is 3.97. The Labute approximate surface area is 311 Å². The molecule has 1 aliphatic carbocycles. The van der Waals surface area contributed by atoms with Crippen molar-refractivity contribution >= 4 is 35.0 Å². The molecule has 276 valence electrons. The largest absolute Gasteiger partial charge is 0.490 e. The maximum atomic E-state index is 14.7. The van der Waals surface area contributed by atoms with E-state index in [0.717, 1.165) is 41.5 Å². The average molecular weight is 728 g/mol. The summed E-state index contributed by atoms with van der Waals surface area (Å²) in [5, 5.41) is 13.8. The molecule has 6 rings (SSSR count). The van der Waals surface area contributed by atoms with E-state index in [-0.39, 0.29) is 42.8 Å². The molecule has 2 aliphatic heterocycles. The van der Waals surface area contributed by atoms with Gasteiger partial charge in [-0.2, -0.15) is 0 Å². The first kappa shape index (κ1) is 37.4. The number of rotatable bonds is 15. The van der Waals surface area contributed by atoms with Crippen LogP contribution in [0.4, 0.5) is 0 Å². The van der Waals surface area contributed by atoms with Crippen LogP contribution in [0.25, 0.3) is 5.57 Å². The molecule has 3 aromatic carbocycles. The number of carbonyl (C=O) groups excluding carboxylic acids is 2. The van der Waals surface area contributed by atoms with Gasteiger partial charge in [-0.3, -0.25) is 14.4 Å². The van der Waals surface area contributed by atoms with Crippen LogP contribution in [0.15, 0.2) is 72.3 Å². The third-order valence-corrected chi connectivity index (χ3v) is 10.9. The van der Waals surface area contributed by atoms with E-state index >= 15 is 0 Å². The lowest BCUT2D eigenvalue weighted by Crippen LogP contribution is -2.62. The highest BCUT2D eigenvalue weighted by atomic mass is 35.5. The Hall–Kier alpha value is -4.34. The zero-order chi connectivity index (χ0) is 37.0. The summed E-state index contributed by atoms with van der Waals surface area (Å²) < 4.78 is 11.9. The summed E-state index contributed by atoms with van der Waals surface area (Å²) in [4.78, 5) is 43.8. The number of fused-ring (bicyclic) bond motifs is 2. The van der Waals surface area contributed by atoms with Gasteiger partial charge in [-0.05, 0) is 112 Å². The molecule has 9 nitrogen and oxygen atoms in total. The Kier molecular flexibility index (Phi) is 11.6. The number of hydrogen-bond acceptors (Lipinski definition) is 6. The topological polar surface area (TPSA) is 108 Å². The van der Waals surface area contributed by atoms with Gasteiger partial charge in [0.1, 0.15) is 24.7 Å². The van der Waals surface area contributed by atoms with Crippen LogP contribution in [0.3, 0.4) is 0 Å². The SMILES string of the molecule is Cc1cc(Cl)c(OCCOc2ccc(C3=C(C(=O)N(CCc4ccccc4)C4CC4)[C@H]4CN(C(=O)CCC(C)(C)C(=O)O)C[C@@H](C3)N4)cc2)cc1C. The van der Waals surface area contributed by atoms with Crippen molar-refractivity contribution in [3.05, 3.63) is 99.6 Å². The number of ether oxygens (including phenoxy) is 2. The van der Waals surface area contributed by atoms with Gasteiger partial charge in [0.2, 0.25) is 5.91 Å². The van der Waals surface area contributed by atoms with Crippen LogP contribution in [-0.2, 0) is 20.8 Å². The maximum Gasteiger partial charge on any atom is 0.309 e. The number of piperazine rings is 1. The first-order valence-corrected chi connectivity index (χ1v) is 18.8. The molecule has 0 aromatic heterocycles.